The van der Waals surface area contributed by atoms with E-state index >= 15 is 0 Å². The number of rotatable bonds is 8. The van der Waals surface area contributed by atoms with E-state index in [1.54, 1.807) is 0 Å². The molecule has 0 unspecified atom stereocenters. The van der Waals surface area contributed by atoms with Crippen molar-refractivity contribution in [3.63, 3.8) is 0 Å². The first-order valence-electron chi connectivity index (χ1n) is 6.66. The van der Waals surface area contributed by atoms with Crippen molar-refractivity contribution < 1.29 is 9.53 Å². The minimum absolute atomic E-state index is 0.301. The molecule has 0 aliphatic heterocycles. The van der Waals surface area contributed by atoms with Crippen LogP contribution in [0.15, 0.2) is 23.2 Å². The molecule has 0 aliphatic rings. The summed E-state index contributed by atoms with van der Waals surface area (Å²) in [4.78, 5) is 13.3. The van der Waals surface area contributed by atoms with Gasteiger partial charge in [-0.2, -0.15) is 0 Å². The Labute approximate surface area is 119 Å². The van der Waals surface area contributed by atoms with Crippen molar-refractivity contribution >= 4 is 17.7 Å². The zero-order valence-corrected chi connectivity index (χ0v) is 12.2. The van der Waals surface area contributed by atoms with Gasteiger partial charge in [-0.25, -0.2) is 9.79 Å². The molecular weight excluding hydrogens is 262 g/mol. The van der Waals surface area contributed by atoms with Crippen LogP contribution in [-0.4, -0.2) is 19.2 Å². The van der Waals surface area contributed by atoms with Gasteiger partial charge in [-0.1, -0.05) is 44.4 Å². The summed E-state index contributed by atoms with van der Waals surface area (Å²) >= 11 is 6.18. The van der Waals surface area contributed by atoms with Crippen molar-refractivity contribution in [1.82, 2.24) is 0 Å². The van der Waals surface area contributed by atoms with Gasteiger partial charge in [0.05, 0.1) is 11.6 Å². The molecule has 0 radical (unpaired) electrons. The summed E-state index contributed by atoms with van der Waals surface area (Å²) in [5.74, 6) is 1.33. The third-order valence-electron chi connectivity index (χ3n) is 3.20. The van der Waals surface area contributed by atoms with Crippen LogP contribution in [0.1, 0.15) is 32.3 Å². The third kappa shape index (κ3) is 5.46. The second kappa shape index (κ2) is 8.73. The number of carbonyl (C=O) groups excluding carboxylic acids is 1. The van der Waals surface area contributed by atoms with Gasteiger partial charge in [0.1, 0.15) is 12.4 Å². The fourth-order valence-corrected chi connectivity index (χ4v) is 2.20. The summed E-state index contributed by atoms with van der Waals surface area (Å²) in [6, 6.07) is 5.88. The summed E-state index contributed by atoms with van der Waals surface area (Å²) < 4.78 is 5.45. The molecule has 0 atom stereocenters. The highest BCUT2D eigenvalue weighted by Gasteiger charge is 2.08. The standard InChI is InChI=1S/C15H20ClNO2/c1-3-12(4-2)9-13-5-6-15(14(16)10-13)19-8-7-17-11-18/h5-6,10,12H,3-4,7-9H2,1-2H3. The average molecular weight is 282 g/mol. The van der Waals surface area contributed by atoms with Crippen LogP contribution in [0, 0.1) is 5.92 Å². The molecule has 4 heteroatoms. The van der Waals surface area contributed by atoms with Gasteiger partial charge in [0.25, 0.3) is 0 Å². The van der Waals surface area contributed by atoms with E-state index in [2.05, 4.69) is 18.8 Å². The number of hydrogen-bond acceptors (Lipinski definition) is 3. The Morgan fingerprint density at radius 3 is 2.68 bits per heavy atom. The lowest BCUT2D eigenvalue weighted by molar-refractivity contribution is 0.328. The lowest BCUT2D eigenvalue weighted by atomic mass is 9.95. The topological polar surface area (TPSA) is 38.7 Å². The second-order valence-electron chi connectivity index (χ2n) is 4.47. The van der Waals surface area contributed by atoms with Gasteiger partial charge < -0.3 is 4.74 Å². The van der Waals surface area contributed by atoms with Crippen LogP contribution in [0.3, 0.4) is 0 Å². The van der Waals surface area contributed by atoms with Gasteiger partial charge in [0.2, 0.25) is 6.08 Å². The third-order valence-corrected chi connectivity index (χ3v) is 3.50. The van der Waals surface area contributed by atoms with E-state index in [1.807, 2.05) is 18.2 Å². The first-order valence-corrected chi connectivity index (χ1v) is 7.03. The molecule has 1 rings (SSSR count). The van der Waals surface area contributed by atoms with Gasteiger partial charge in [0, 0.05) is 0 Å². The molecule has 0 amide bonds. The Balaban J connectivity index is 2.60. The first kappa shape index (κ1) is 15.7. The maximum absolute atomic E-state index is 9.91. The number of isocyanates is 1. The molecule has 0 fully saturated rings. The number of ether oxygens (including phenoxy) is 1. The molecule has 0 saturated carbocycles. The van der Waals surface area contributed by atoms with Crippen LogP contribution in [0.4, 0.5) is 0 Å². The van der Waals surface area contributed by atoms with Gasteiger partial charge >= 0.3 is 0 Å². The number of halogens is 1. The Kier molecular flexibility index (Phi) is 7.24. The Hall–Kier alpha value is -1.31. The van der Waals surface area contributed by atoms with E-state index in [0.717, 1.165) is 6.42 Å². The number of aliphatic imine (C=N–C) groups is 1. The van der Waals surface area contributed by atoms with Crippen molar-refractivity contribution in [1.29, 1.82) is 0 Å². The molecule has 0 saturated heterocycles. The summed E-state index contributed by atoms with van der Waals surface area (Å²) in [6.45, 7) is 5.05. The first-order chi connectivity index (χ1) is 9.21. The van der Waals surface area contributed by atoms with Crippen LogP contribution in [0.25, 0.3) is 0 Å². The van der Waals surface area contributed by atoms with Crippen molar-refractivity contribution in [3.8, 4) is 5.75 Å². The Bertz CT molecular complexity index is 438. The molecule has 0 N–H and O–H groups in total. The van der Waals surface area contributed by atoms with Crippen LogP contribution in [-0.2, 0) is 11.2 Å². The zero-order valence-electron chi connectivity index (χ0n) is 11.5. The predicted molar refractivity (Wildman–Crippen MR) is 77.7 cm³/mol. The molecule has 1 aromatic rings. The summed E-state index contributed by atoms with van der Waals surface area (Å²) in [5, 5.41) is 0.610. The number of benzene rings is 1. The fourth-order valence-electron chi connectivity index (χ4n) is 1.95. The summed E-state index contributed by atoms with van der Waals surface area (Å²) in [5.41, 5.74) is 1.23. The maximum Gasteiger partial charge on any atom is 0.235 e. The fraction of sp³-hybridized carbons (Fsp3) is 0.533. The Morgan fingerprint density at radius 1 is 1.37 bits per heavy atom. The number of hydrogen-bond donors (Lipinski definition) is 0. The van der Waals surface area contributed by atoms with Crippen LogP contribution < -0.4 is 4.74 Å². The molecule has 0 bridgehead atoms. The van der Waals surface area contributed by atoms with Gasteiger partial charge in [-0.05, 0) is 30.0 Å². The van der Waals surface area contributed by atoms with E-state index in [4.69, 9.17) is 16.3 Å². The highest BCUT2D eigenvalue weighted by atomic mass is 35.5. The van der Waals surface area contributed by atoms with E-state index < -0.39 is 0 Å². The van der Waals surface area contributed by atoms with Gasteiger partial charge in [-0.15, -0.1) is 0 Å². The zero-order chi connectivity index (χ0) is 14.1. The minimum Gasteiger partial charge on any atom is -0.490 e. The molecule has 0 heterocycles. The normalized spacial score (nSPS) is 10.3. The quantitative estimate of drug-likeness (QED) is 0.410. The SMILES string of the molecule is CCC(CC)Cc1ccc(OCCN=C=O)c(Cl)c1. The highest BCUT2D eigenvalue weighted by molar-refractivity contribution is 6.32. The molecular formula is C15H20ClNO2. The van der Waals surface area contributed by atoms with Gasteiger partial charge in [0.15, 0.2) is 0 Å². The van der Waals surface area contributed by atoms with Crippen molar-refractivity contribution in [2.45, 2.75) is 33.1 Å². The van der Waals surface area contributed by atoms with E-state index in [9.17, 15) is 4.79 Å². The highest BCUT2D eigenvalue weighted by Crippen LogP contribution is 2.27. The van der Waals surface area contributed by atoms with Gasteiger partial charge in [-0.3, -0.25) is 0 Å². The molecule has 0 aliphatic carbocycles. The predicted octanol–water partition coefficient (Wildman–Crippen LogP) is 4.03. The average Bonchev–Trinajstić information content (AvgIpc) is 2.42. The number of nitrogens with zero attached hydrogens (tertiary/aromatic N) is 1. The molecule has 3 nitrogen and oxygen atoms in total. The van der Waals surface area contributed by atoms with E-state index in [-0.39, 0.29) is 0 Å². The molecule has 1 aromatic carbocycles. The van der Waals surface area contributed by atoms with Crippen molar-refractivity contribution in [3.05, 3.63) is 28.8 Å². The van der Waals surface area contributed by atoms with Crippen molar-refractivity contribution in [2.24, 2.45) is 10.9 Å². The summed E-state index contributed by atoms with van der Waals surface area (Å²) in [7, 11) is 0. The smallest absolute Gasteiger partial charge is 0.235 e. The lowest BCUT2D eigenvalue weighted by Gasteiger charge is -2.13. The lowest BCUT2D eigenvalue weighted by Crippen LogP contribution is -2.03. The second-order valence-corrected chi connectivity index (χ2v) is 4.88. The molecule has 19 heavy (non-hydrogen) atoms. The van der Waals surface area contributed by atoms with Crippen LogP contribution in [0.5, 0.6) is 5.75 Å². The molecule has 0 spiro atoms. The van der Waals surface area contributed by atoms with Crippen LogP contribution >= 0.6 is 11.6 Å². The molecule has 0 aromatic heterocycles. The minimum atomic E-state index is 0.301. The monoisotopic (exact) mass is 281 g/mol. The molecule has 104 valence electrons. The van der Waals surface area contributed by atoms with Crippen molar-refractivity contribution in [2.75, 3.05) is 13.2 Å². The largest absolute Gasteiger partial charge is 0.490 e. The summed E-state index contributed by atoms with van der Waals surface area (Å²) in [6.07, 6.45) is 4.87. The Morgan fingerprint density at radius 2 is 2.11 bits per heavy atom. The maximum atomic E-state index is 9.91. The van der Waals surface area contributed by atoms with E-state index in [1.165, 1.54) is 24.5 Å². The van der Waals surface area contributed by atoms with E-state index in [0.29, 0.717) is 29.8 Å². The van der Waals surface area contributed by atoms with Crippen LogP contribution in [0.2, 0.25) is 5.02 Å².